The third-order valence-electron chi connectivity index (χ3n) is 1.02. The molecule has 0 saturated heterocycles. The van der Waals surface area contributed by atoms with Gasteiger partial charge in [-0.05, 0) is 0 Å². The van der Waals surface area contributed by atoms with E-state index in [1.807, 2.05) is 0 Å². The van der Waals surface area contributed by atoms with Crippen LogP contribution in [0.2, 0.25) is 0 Å². The zero-order valence-electron chi connectivity index (χ0n) is 10.5. The molecule has 0 aliphatic carbocycles. The molecule has 0 rings (SSSR count). The number of rotatable bonds is 6. The van der Waals surface area contributed by atoms with Crippen molar-refractivity contribution < 1.29 is 128 Å². The summed E-state index contributed by atoms with van der Waals surface area (Å²) in [4.78, 5) is -0.0764. The molecule has 0 aliphatic heterocycles. The minimum atomic E-state index is -5.00. The van der Waals surface area contributed by atoms with E-state index < -0.39 is 48.0 Å². The largest absolute Gasteiger partial charge is 1.00 e. The predicted octanol–water partition coefficient (Wildman–Crippen LogP) is -12.2. The molecule has 0 spiro atoms. The molecule has 0 bridgehead atoms. The van der Waals surface area contributed by atoms with Crippen LogP contribution in [0.3, 0.4) is 0 Å². The Morgan fingerprint density at radius 3 is 0.842 bits per heavy atom. The van der Waals surface area contributed by atoms with Crippen molar-refractivity contribution in [3.63, 3.8) is 0 Å². The summed E-state index contributed by atoms with van der Waals surface area (Å²) in [5.74, 6) is -4.68. The normalized spacial score (nSPS) is 12.0. The van der Waals surface area contributed by atoms with Gasteiger partial charge in [-0.2, -0.15) is 0 Å². The van der Waals surface area contributed by atoms with E-state index in [0.29, 0.717) is 0 Å². The van der Waals surface area contributed by atoms with Gasteiger partial charge in [0.25, 0.3) is 0 Å². The Morgan fingerprint density at radius 1 is 0.579 bits per heavy atom. The molecule has 19 heavy (non-hydrogen) atoms. The predicted molar refractivity (Wildman–Crippen MR) is 45.5 cm³/mol. The standard InChI is InChI=1S/C3H9NO9S3.3Na/c5-14(6,7)1-4(2-15(8,9)10)3-16(11,12)13;;;/h1-3H2,(H,5,6,7)(H,8,9,10)(H,11,12,13);;;/q;3*+1/p-3. The first-order chi connectivity index (χ1) is 6.79. The molecule has 0 atom stereocenters. The van der Waals surface area contributed by atoms with Crippen LogP contribution in [0.1, 0.15) is 0 Å². The van der Waals surface area contributed by atoms with Crippen LogP contribution in [-0.4, -0.2) is 61.4 Å². The van der Waals surface area contributed by atoms with Gasteiger partial charge in [-0.3, -0.25) is 4.90 Å². The van der Waals surface area contributed by atoms with Gasteiger partial charge >= 0.3 is 88.7 Å². The van der Waals surface area contributed by atoms with Gasteiger partial charge in [0, 0.05) is 0 Å². The molecule has 0 unspecified atom stereocenters. The second kappa shape index (κ2) is 11.3. The average molecular weight is 365 g/mol. The van der Waals surface area contributed by atoms with Crippen molar-refractivity contribution in [2.75, 3.05) is 17.6 Å². The second-order valence-electron chi connectivity index (χ2n) is 2.73. The second-order valence-corrected chi connectivity index (χ2v) is 6.85. The van der Waals surface area contributed by atoms with Gasteiger partial charge in [-0.25, -0.2) is 25.3 Å². The summed E-state index contributed by atoms with van der Waals surface area (Å²) in [5.41, 5.74) is 0. The van der Waals surface area contributed by atoms with Crippen molar-refractivity contribution in [1.82, 2.24) is 4.90 Å². The summed E-state index contributed by atoms with van der Waals surface area (Å²) < 4.78 is 92.0. The summed E-state index contributed by atoms with van der Waals surface area (Å²) in [5, 5.41) is 0. The smallest absolute Gasteiger partial charge is 0.747 e. The van der Waals surface area contributed by atoms with Gasteiger partial charge in [0.2, 0.25) is 0 Å². The van der Waals surface area contributed by atoms with Crippen molar-refractivity contribution in [3.8, 4) is 0 Å². The van der Waals surface area contributed by atoms with Crippen LogP contribution < -0.4 is 88.7 Å². The zero-order valence-corrected chi connectivity index (χ0v) is 18.9. The van der Waals surface area contributed by atoms with E-state index in [4.69, 9.17) is 0 Å². The monoisotopic (exact) mass is 365 g/mol. The van der Waals surface area contributed by atoms with E-state index in [1.54, 1.807) is 0 Å². The Balaban J connectivity index is -0.000000375. The average Bonchev–Trinajstić information content (AvgIpc) is 1.70. The first-order valence-electron chi connectivity index (χ1n) is 3.31. The Bertz CT molecular complexity index is 458. The summed E-state index contributed by atoms with van der Waals surface area (Å²) >= 11 is 0. The van der Waals surface area contributed by atoms with E-state index in [0.717, 1.165) is 0 Å². The third kappa shape index (κ3) is 23.1. The molecule has 0 aromatic rings. The van der Waals surface area contributed by atoms with Crippen LogP contribution in [-0.2, 0) is 30.4 Å². The van der Waals surface area contributed by atoms with E-state index >= 15 is 0 Å². The number of hydrogen-bond donors (Lipinski definition) is 0. The fourth-order valence-electron chi connectivity index (χ4n) is 0.783. The molecule has 0 heterocycles. The van der Waals surface area contributed by atoms with E-state index in [1.165, 1.54) is 0 Å². The van der Waals surface area contributed by atoms with Crippen LogP contribution in [0.25, 0.3) is 0 Å². The van der Waals surface area contributed by atoms with E-state index in [-0.39, 0.29) is 93.6 Å². The quantitative estimate of drug-likeness (QED) is 0.324. The maximum absolute atomic E-state index is 10.2. The maximum Gasteiger partial charge on any atom is 1.00 e. The molecule has 98 valence electrons. The minimum absolute atomic E-state index is 0. The van der Waals surface area contributed by atoms with Gasteiger partial charge in [0.1, 0.15) is 30.4 Å². The molecule has 10 nitrogen and oxygen atoms in total. The topological polar surface area (TPSA) is 175 Å². The maximum atomic E-state index is 10.2. The first kappa shape index (κ1) is 29.7. The molecule has 0 amide bonds. The number of hydrogen-bond acceptors (Lipinski definition) is 10. The summed E-state index contributed by atoms with van der Waals surface area (Å²) in [6.45, 7) is 0. The van der Waals surface area contributed by atoms with Gasteiger partial charge < -0.3 is 13.7 Å². The van der Waals surface area contributed by atoms with Gasteiger partial charge in [0.05, 0.1) is 17.6 Å². The zero-order chi connectivity index (χ0) is 13.2. The molecule has 0 aliphatic rings. The Kier molecular flexibility index (Phi) is 17.6. The number of nitrogens with zero attached hydrogens (tertiary/aromatic N) is 1. The van der Waals surface area contributed by atoms with Crippen LogP contribution in [0.4, 0.5) is 0 Å². The van der Waals surface area contributed by atoms with Crippen molar-refractivity contribution in [1.29, 1.82) is 0 Å². The summed E-state index contributed by atoms with van der Waals surface area (Å²) in [7, 11) is -15.0. The van der Waals surface area contributed by atoms with Crippen molar-refractivity contribution >= 4 is 30.4 Å². The fourth-order valence-corrected chi connectivity index (χ4v) is 3.02. The molecular formula is C3H6NNa3O9S3. The van der Waals surface area contributed by atoms with Crippen LogP contribution in [0, 0.1) is 0 Å². The molecule has 0 radical (unpaired) electrons. The third-order valence-corrected chi connectivity index (χ3v) is 3.07. The first-order valence-corrected chi connectivity index (χ1v) is 8.05. The van der Waals surface area contributed by atoms with Crippen LogP contribution in [0.5, 0.6) is 0 Å². The molecule has 16 heteroatoms. The Hall–Kier alpha value is 2.69. The van der Waals surface area contributed by atoms with Crippen molar-refractivity contribution in [2.24, 2.45) is 0 Å². The Morgan fingerprint density at radius 2 is 0.737 bits per heavy atom. The van der Waals surface area contributed by atoms with Crippen LogP contribution in [0.15, 0.2) is 0 Å². The molecule has 0 aromatic heterocycles. The Labute approximate surface area is 177 Å². The van der Waals surface area contributed by atoms with Gasteiger partial charge in [-0.15, -0.1) is 0 Å². The molecule has 0 aromatic carbocycles. The molecular weight excluding hydrogens is 359 g/mol. The van der Waals surface area contributed by atoms with Gasteiger partial charge in [-0.1, -0.05) is 0 Å². The minimum Gasteiger partial charge on any atom is -0.747 e. The molecule has 0 N–H and O–H groups in total. The van der Waals surface area contributed by atoms with E-state index in [2.05, 4.69) is 0 Å². The summed E-state index contributed by atoms with van der Waals surface area (Å²) in [6, 6.07) is 0. The van der Waals surface area contributed by atoms with Crippen molar-refractivity contribution in [2.45, 2.75) is 0 Å². The van der Waals surface area contributed by atoms with Crippen molar-refractivity contribution in [3.05, 3.63) is 0 Å². The SMILES string of the molecule is O=S(=O)([O-])CN(CS(=O)(=O)[O-])CS(=O)(=O)[O-].[Na+].[Na+].[Na+]. The fraction of sp³-hybridized carbons (Fsp3) is 1.00. The molecule has 0 fully saturated rings. The summed E-state index contributed by atoms with van der Waals surface area (Å²) in [6.07, 6.45) is 0. The van der Waals surface area contributed by atoms with E-state index in [9.17, 15) is 38.9 Å². The van der Waals surface area contributed by atoms with Gasteiger partial charge in [0.15, 0.2) is 0 Å². The molecule has 0 saturated carbocycles. The van der Waals surface area contributed by atoms with Crippen LogP contribution >= 0.6 is 0 Å².